The van der Waals surface area contributed by atoms with Crippen molar-refractivity contribution >= 4 is 11.6 Å². The van der Waals surface area contributed by atoms with Gasteiger partial charge in [0.05, 0.1) is 0 Å². The Labute approximate surface area is 116 Å². The minimum absolute atomic E-state index is 0.0776. The van der Waals surface area contributed by atoms with Gasteiger partial charge in [-0.05, 0) is 43.9 Å². The van der Waals surface area contributed by atoms with Crippen LogP contribution in [0.3, 0.4) is 0 Å². The maximum Gasteiger partial charge on any atom is 0.226 e. The van der Waals surface area contributed by atoms with Gasteiger partial charge in [0, 0.05) is 25.2 Å². The molecule has 1 aromatic carbocycles. The Morgan fingerprint density at radius 2 is 1.95 bits per heavy atom. The number of hydrogen-bond donors (Lipinski definition) is 1. The monoisotopic (exact) mass is 262 g/mol. The summed E-state index contributed by atoms with van der Waals surface area (Å²) in [5.74, 6) is 0.124. The zero-order chi connectivity index (χ0) is 14.3. The van der Waals surface area contributed by atoms with Crippen molar-refractivity contribution in [3.8, 4) is 0 Å². The molecule has 1 aromatic rings. The van der Waals surface area contributed by atoms with Gasteiger partial charge in [0.2, 0.25) is 5.91 Å². The number of aryl methyl sites for hydroxylation is 1. The normalized spacial score (nSPS) is 12.2. The smallest absolute Gasteiger partial charge is 0.226 e. The maximum absolute atomic E-state index is 12.0. The van der Waals surface area contributed by atoms with Gasteiger partial charge in [0.25, 0.3) is 0 Å². The van der Waals surface area contributed by atoms with Crippen LogP contribution in [0.5, 0.6) is 0 Å². The van der Waals surface area contributed by atoms with Crippen molar-refractivity contribution in [2.24, 2.45) is 5.73 Å². The minimum atomic E-state index is 0.0776. The number of benzene rings is 1. The Bertz CT molecular complexity index is 384. The van der Waals surface area contributed by atoms with E-state index in [1.54, 1.807) is 4.90 Å². The largest absolute Gasteiger partial charge is 0.328 e. The summed E-state index contributed by atoms with van der Waals surface area (Å²) in [6, 6.07) is 8.35. The number of carbonyl (C=O) groups excluding carboxylic acids is 1. The molecule has 0 aliphatic carbocycles. The zero-order valence-corrected chi connectivity index (χ0v) is 12.4. The molecule has 0 fully saturated rings. The first-order chi connectivity index (χ1) is 9.04. The summed E-state index contributed by atoms with van der Waals surface area (Å²) in [6.07, 6.45) is 4.77. The lowest BCUT2D eigenvalue weighted by Crippen LogP contribution is -2.28. The fourth-order valence-electron chi connectivity index (χ4n) is 1.93. The SMILES string of the molecule is CCCCc1ccc(N(C)C(=O)CCC(C)N)cc1. The molecule has 3 nitrogen and oxygen atoms in total. The first kappa shape index (κ1) is 15.7. The van der Waals surface area contributed by atoms with Gasteiger partial charge in [0.15, 0.2) is 0 Å². The van der Waals surface area contributed by atoms with E-state index in [-0.39, 0.29) is 11.9 Å². The van der Waals surface area contributed by atoms with Crippen molar-refractivity contribution in [1.82, 2.24) is 0 Å². The molecule has 0 saturated carbocycles. The molecule has 1 amide bonds. The van der Waals surface area contributed by atoms with Gasteiger partial charge in [-0.1, -0.05) is 25.5 Å². The summed E-state index contributed by atoms with van der Waals surface area (Å²) < 4.78 is 0. The van der Waals surface area contributed by atoms with E-state index >= 15 is 0 Å². The number of carbonyl (C=O) groups is 1. The molecular weight excluding hydrogens is 236 g/mol. The number of hydrogen-bond acceptors (Lipinski definition) is 2. The molecule has 2 N–H and O–H groups in total. The average molecular weight is 262 g/mol. The lowest BCUT2D eigenvalue weighted by Gasteiger charge is -2.18. The summed E-state index contributed by atoms with van der Waals surface area (Å²) in [6.45, 7) is 4.12. The molecule has 106 valence electrons. The highest BCUT2D eigenvalue weighted by Gasteiger charge is 2.11. The van der Waals surface area contributed by atoms with Crippen LogP contribution in [0.15, 0.2) is 24.3 Å². The van der Waals surface area contributed by atoms with Crippen molar-refractivity contribution in [1.29, 1.82) is 0 Å². The molecule has 19 heavy (non-hydrogen) atoms. The Hall–Kier alpha value is -1.35. The number of rotatable bonds is 7. The van der Waals surface area contributed by atoms with Gasteiger partial charge in [0.1, 0.15) is 0 Å². The van der Waals surface area contributed by atoms with Crippen LogP contribution in [0.4, 0.5) is 5.69 Å². The Balaban J connectivity index is 2.56. The van der Waals surface area contributed by atoms with Crippen molar-refractivity contribution in [3.63, 3.8) is 0 Å². The molecule has 0 radical (unpaired) electrons. The van der Waals surface area contributed by atoms with Crippen LogP contribution in [0.25, 0.3) is 0 Å². The van der Waals surface area contributed by atoms with E-state index in [9.17, 15) is 4.79 Å². The van der Waals surface area contributed by atoms with E-state index in [0.717, 1.165) is 18.5 Å². The van der Waals surface area contributed by atoms with E-state index in [1.165, 1.54) is 18.4 Å². The predicted octanol–water partition coefficient (Wildman–Crippen LogP) is 3.12. The zero-order valence-electron chi connectivity index (χ0n) is 12.4. The summed E-state index contributed by atoms with van der Waals surface area (Å²) >= 11 is 0. The highest BCUT2D eigenvalue weighted by Crippen LogP contribution is 2.16. The molecule has 0 spiro atoms. The Kier molecular flexibility index (Phi) is 6.57. The van der Waals surface area contributed by atoms with Crippen molar-refractivity contribution < 1.29 is 4.79 Å². The minimum Gasteiger partial charge on any atom is -0.328 e. The van der Waals surface area contributed by atoms with Gasteiger partial charge in [-0.2, -0.15) is 0 Å². The third-order valence-corrected chi connectivity index (χ3v) is 3.33. The molecule has 0 aliphatic heterocycles. The molecule has 0 bridgehead atoms. The number of unbranched alkanes of at least 4 members (excludes halogenated alkanes) is 1. The van der Waals surface area contributed by atoms with Crippen LogP contribution in [0, 0.1) is 0 Å². The van der Waals surface area contributed by atoms with Crippen molar-refractivity contribution in [2.75, 3.05) is 11.9 Å². The van der Waals surface area contributed by atoms with Gasteiger partial charge >= 0.3 is 0 Å². The molecular formula is C16H26N2O. The van der Waals surface area contributed by atoms with Gasteiger partial charge < -0.3 is 10.6 Å². The highest BCUT2D eigenvalue weighted by molar-refractivity contribution is 5.92. The first-order valence-electron chi connectivity index (χ1n) is 7.15. The summed E-state index contributed by atoms with van der Waals surface area (Å²) in [7, 11) is 1.82. The molecule has 1 atom stereocenters. The predicted molar refractivity (Wildman–Crippen MR) is 81.3 cm³/mol. The highest BCUT2D eigenvalue weighted by atomic mass is 16.2. The summed E-state index contributed by atoms with van der Waals surface area (Å²) in [5.41, 5.74) is 7.96. The van der Waals surface area contributed by atoms with Crippen molar-refractivity contribution in [3.05, 3.63) is 29.8 Å². The molecule has 1 rings (SSSR count). The molecule has 3 heteroatoms. The van der Waals surface area contributed by atoms with E-state index in [0.29, 0.717) is 6.42 Å². The second kappa shape index (κ2) is 7.95. The van der Waals surface area contributed by atoms with E-state index < -0.39 is 0 Å². The summed E-state index contributed by atoms with van der Waals surface area (Å²) in [5, 5.41) is 0. The van der Waals surface area contributed by atoms with Crippen LogP contribution < -0.4 is 10.6 Å². The molecule has 0 aromatic heterocycles. The number of amides is 1. The topological polar surface area (TPSA) is 46.3 Å². The third kappa shape index (κ3) is 5.43. The van der Waals surface area contributed by atoms with Crippen LogP contribution in [0.1, 0.15) is 45.1 Å². The van der Waals surface area contributed by atoms with Crippen LogP contribution in [-0.2, 0) is 11.2 Å². The molecule has 0 aliphatic rings. The van der Waals surface area contributed by atoms with Crippen molar-refractivity contribution in [2.45, 2.75) is 52.0 Å². The quantitative estimate of drug-likeness (QED) is 0.820. The summed E-state index contributed by atoms with van der Waals surface area (Å²) in [4.78, 5) is 13.7. The van der Waals surface area contributed by atoms with Gasteiger partial charge in [-0.15, -0.1) is 0 Å². The number of nitrogens with zero attached hydrogens (tertiary/aromatic N) is 1. The Morgan fingerprint density at radius 3 is 2.47 bits per heavy atom. The first-order valence-corrected chi connectivity index (χ1v) is 7.15. The molecule has 0 saturated heterocycles. The second-order valence-electron chi connectivity index (χ2n) is 5.24. The number of anilines is 1. The van der Waals surface area contributed by atoms with Gasteiger partial charge in [-0.25, -0.2) is 0 Å². The maximum atomic E-state index is 12.0. The van der Waals surface area contributed by atoms with Gasteiger partial charge in [-0.3, -0.25) is 4.79 Å². The number of nitrogens with two attached hydrogens (primary N) is 1. The molecule has 0 heterocycles. The van der Waals surface area contributed by atoms with Crippen LogP contribution in [-0.4, -0.2) is 19.0 Å². The van der Waals surface area contributed by atoms with Crippen LogP contribution in [0.2, 0.25) is 0 Å². The fraction of sp³-hybridized carbons (Fsp3) is 0.562. The lowest BCUT2D eigenvalue weighted by molar-refractivity contribution is -0.118. The second-order valence-corrected chi connectivity index (χ2v) is 5.24. The van der Waals surface area contributed by atoms with E-state index in [1.807, 2.05) is 26.1 Å². The van der Waals surface area contributed by atoms with Crippen LogP contribution >= 0.6 is 0 Å². The Morgan fingerprint density at radius 1 is 1.32 bits per heavy atom. The molecule has 1 unspecified atom stereocenters. The standard InChI is InChI=1S/C16H26N2O/c1-4-5-6-14-8-10-15(11-9-14)18(3)16(19)12-7-13(2)17/h8-11,13H,4-7,12,17H2,1-3H3. The average Bonchev–Trinajstić information content (AvgIpc) is 2.42. The van der Waals surface area contributed by atoms with E-state index in [4.69, 9.17) is 5.73 Å². The van der Waals surface area contributed by atoms with E-state index in [2.05, 4.69) is 19.1 Å². The lowest BCUT2D eigenvalue weighted by atomic mass is 10.1. The third-order valence-electron chi connectivity index (χ3n) is 3.33. The fourth-order valence-corrected chi connectivity index (χ4v) is 1.93.